The van der Waals surface area contributed by atoms with E-state index in [2.05, 4.69) is 20.5 Å². The van der Waals surface area contributed by atoms with E-state index in [9.17, 15) is 15.2 Å². The molecule has 0 unspecified atom stereocenters. The van der Waals surface area contributed by atoms with E-state index in [0.29, 0.717) is 0 Å². The lowest BCUT2D eigenvalue weighted by atomic mass is 10.2. The summed E-state index contributed by atoms with van der Waals surface area (Å²) >= 11 is 0. The Morgan fingerprint density at radius 3 is 2.90 bits per heavy atom. The number of phenolic OH excluding ortho intramolecular Hbond substituents is 1. The zero-order valence-electron chi connectivity index (χ0n) is 10.9. The number of hydrogen-bond acceptors (Lipinski definition) is 8. The molecule has 9 nitrogen and oxygen atoms in total. The molecule has 0 saturated heterocycles. The van der Waals surface area contributed by atoms with Crippen LogP contribution in [0.25, 0.3) is 0 Å². The van der Waals surface area contributed by atoms with Crippen LogP contribution in [0.3, 0.4) is 0 Å². The Morgan fingerprint density at radius 1 is 1.43 bits per heavy atom. The van der Waals surface area contributed by atoms with Crippen molar-refractivity contribution >= 4 is 17.7 Å². The van der Waals surface area contributed by atoms with Gasteiger partial charge in [0.05, 0.1) is 18.2 Å². The fourth-order valence-electron chi connectivity index (χ4n) is 1.51. The molecule has 0 fully saturated rings. The third kappa shape index (κ3) is 3.21. The van der Waals surface area contributed by atoms with Gasteiger partial charge in [-0.2, -0.15) is 5.10 Å². The highest BCUT2D eigenvalue weighted by Crippen LogP contribution is 2.28. The first-order valence-electron chi connectivity index (χ1n) is 5.74. The summed E-state index contributed by atoms with van der Waals surface area (Å²) in [6, 6.07) is 4.13. The van der Waals surface area contributed by atoms with E-state index in [4.69, 9.17) is 4.74 Å². The highest BCUT2D eigenvalue weighted by molar-refractivity contribution is 5.86. The van der Waals surface area contributed by atoms with Crippen LogP contribution in [-0.4, -0.2) is 33.3 Å². The van der Waals surface area contributed by atoms with Crippen LogP contribution in [0.1, 0.15) is 5.56 Å². The van der Waals surface area contributed by atoms with E-state index in [-0.39, 0.29) is 17.3 Å². The molecular formula is C12H11N5O4. The second-order valence-corrected chi connectivity index (χ2v) is 3.76. The maximum Gasteiger partial charge on any atom is 0.311 e. The molecule has 1 aromatic carbocycles. The molecule has 0 aliphatic carbocycles. The smallest absolute Gasteiger partial charge is 0.311 e. The summed E-state index contributed by atoms with van der Waals surface area (Å²) in [5.41, 5.74) is 2.38. The summed E-state index contributed by atoms with van der Waals surface area (Å²) in [5, 5.41) is 24.3. The molecule has 0 aliphatic heterocycles. The molecule has 1 heterocycles. The van der Waals surface area contributed by atoms with Crippen LogP contribution < -0.4 is 10.2 Å². The van der Waals surface area contributed by atoms with E-state index in [0.717, 1.165) is 0 Å². The number of hydrazone groups is 1. The van der Waals surface area contributed by atoms with Gasteiger partial charge < -0.3 is 9.84 Å². The number of para-hydroxylation sites is 1. The summed E-state index contributed by atoms with van der Waals surface area (Å²) in [4.78, 5) is 17.9. The van der Waals surface area contributed by atoms with Crippen molar-refractivity contribution in [1.29, 1.82) is 0 Å². The molecule has 0 bridgehead atoms. The molecular weight excluding hydrogens is 278 g/mol. The number of ether oxygens (including phenoxy) is 1. The second-order valence-electron chi connectivity index (χ2n) is 3.76. The zero-order chi connectivity index (χ0) is 15.2. The summed E-state index contributed by atoms with van der Waals surface area (Å²) in [7, 11) is 1.44. The molecule has 1 aromatic heterocycles. The normalized spacial score (nSPS) is 10.5. The Labute approximate surface area is 119 Å². The molecule has 0 amide bonds. The summed E-state index contributed by atoms with van der Waals surface area (Å²) in [6.07, 6.45) is 4.14. The molecule has 2 N–H and O–H groups in total. The fraction of sp³-hybridized carbons (Fsp3) is 0.0833. The molecule has 2 rings (SSSR count). The molecule has 0 saturated carbocycles. The van der Waals surface area contributed by atoms with Crippen molar-refractivity contribution in [3.8, 4) is 11.6 Å². The standard InChI is InChI=1S/C12H11N5O4/c1-21-12-11(13-5-6-14-12)16-15-7-8-3-2-4-9(10(8)18)17(19)20/h2-7,18H,1H3,(H,13,16)/b15-7+. The number of nitrogens with one attached hydrogen (secondary N) is 1. The summed E-state index contributed by atoms with van der Waals surface area (Å²) in [6.45, 7) is 0. The van der Waals surface area contributed by atoms with Gasteiger partial charge in [0.15, 0.2) is 0 Å². The van der Waals surface area contributed by atoms with E-state index in [1.165, 1.54) is 43.9 Å². The third-order valence-corrected chi connectivity index (χ3v) is 2.47. The molecule has 2 aromatic rings. The maximum atomic E-state index is 10.7. The van der Waals surface area contributed by atoms with Gasteiger partial charge in [0, 0.05) is 24.0 Å². The van der Waals surface area contributed by atoms with Gasteiger partial charge in [-0.1, -0.05) is 6.07 Å². The quantitative estimate of drug-likeness (QED) is 0.486. The second kappa shape index (κ2) is 6.28. The van der Waals surface area contributed by atoms with Gasteiger partial charge in [-0.25, -0.2) is 9.97 Å². The minimum absolute atomic E-state index is 0.194. The number of hydrogen-bond donors (Lipinski definition) is 2. The molecule has 0 spiro atoms. The number of nitrogens with zero attached hydrogens (tertiary/aromatic N) is 4. The molecule has 0 aliphatic rings. The van der Waals surface area contributed by atoms with Crippen molar-refractivity contribution in [1.82, 2.24) is 9.97 Å². The summed E-state index contributed by atoms with van der Waals surface area (Å²) in [5.74, 6) is 0.0678. The number of methoxy groups -OCH3 is 1. The van der Waals surface area contributed by atoms with E-state index in [1.807, 2.05) is 0 Å². The first-order chi connectivity index (χ1) is 10.1. The number of aromatic nitrogens is 2. The number of anilines is 1. The van der Waals surface area contributed by atoms with Crippen LogP contribution in [0.4, 0.5) is 11.5 Å². The van der Waals surface area contributed by atoms with E-state index < -0.39 is 16.4 Å². The monoisotopic (exact) mass is 289 g/mol. The van der Waals surface area contributed by atoms with Crippen molar-refractivity contribution in [3.05, 3.63) is 46.3 Å². The number of phenols is 1. The molecule has 0 atom stereocenters. The molecule has 9 heteroatoms. The van der Waals surface area contributed by atoms with E-state index >= 15 is 0 Å². The van der Waals surface area contributed by atoms with Gasteiger partial charge >= 0.3 is 5.69 Å². The lowest BCUT2D eigenvalue weighted by molar-refractivity contribution is -0.385. The summed E-state index contributed by atoms with van der Waals surface area (Å²) < 4.78 is 4.97. The van der Waals surface area contributed by atoms with Crippen molar-refractivity contribution < 1.29 is 14.8 Å². The molecule has 21 heavy (non-hydrogen) atoms. The molecule has 0 radical (unpaired) electrons. The number of rotatable bonds is 5. The third-order valence-electron chi connectivity index (χ3n) is 2.47. The van der Waals surface area contributed by atoms with Gasteiger partial charge in [0.2, 0.25) is 11.6 Å². The zero-order valence-corrected chi connectivity index (χ0v) is 10.9. The van der Waals surface area contributed by atoms with Crippen molar-refractivity contribution in [2.24, 2.45) is 5.10 Å². The largest absolute Gasteiger partial charge is 0.502 e. The highest BCUT2D eigenvalue weighted by atomic mass is 16.6. The van der Waals surface area contributed by atoms with Crippen molar-refractivity contribution in [2.75, 3.05) is 12.5 Å². The predicted octanol–water partition coefficient (Wildman–Crippen LogP) is 1.54. The van der Waals surface area contributed by atoms with Gasteiger partial charge in [0.25, 0.3) is 5.88 Å². The minimum Gasteiger partial charge on any atom is -0.502 e. The SMILES string of the molecule is COc1nccnc1N/N=C/c1cccc([N+](=O)[O-])c1O. The van der Waals surface area contributed by atoms with Gasteiger partial charge in [0.1, 0.15) is 0 Å². The van der Waals surface area contributed by atoms with Crippen molar-refractivity contribution in [2.45, 2.75) is 0 Å². The van der Waals surface area contributed by atoms with Crippen LogP contribution in [-0.2, 0) is 0 Å². The average Bonchev–Trinajstić information content (AvgIpc) is 2.49. The fourth-order valence-corrected chi connectivity index (χ4v) is 1.51. The Kier molecular flexibility index (Phi) is 4.24. The number of benzene rings is 1. The van der Waals surface area contributed by atoms with Crippen LogP contribution >= 0.6 is 0 Å². The van der Waals surface area contributed by atoms with Crippen LogP contribution in [0.5, 0.6) is 11.6 Å². The van der Waals surface area contributed by atoms with E-state index in [1.54, 1.807) is 0 Å². The lowest BCUT2D eigenvalue weighted by Crippen LogP contribution is -1.99. The van der Waals surface area contributed by atoms with Crippen LogP contribution in [0, 0.1) is 10.1 Å². The van der Waals surface area contributed by atoms with Gasteiger partial charge in [-0.3, -0.25) is 15.5 Å². The van der Waals surface area contributed by atoms with Crippen molar-refractivity contribution in [3.63, 3.8) is 0 Å². The Bertz CT molecular complexity index is 689. The first kappa shape index (κ1) is 14.2. The van der Waals surface area contributed by atoms with Crippen LogP contribution in [0.2, 0.25) is 0 Å². The number of nitro groups is 1. The number of aromatic hydroxyl groups is 1. The van der Waals surface area contributed by atoms with Gasteiger partial charge in [-0.05, 0) is 6.07 Å². The highest BCUT2D eigenvalue weighted by Gasteiger charge is 2.15. The maximum absolute atomic E-state index is 10.7. The minimum atomic E-state index is -0.675. The Balaban J connectivity index is 2.19. The first-order valence-corrected chi connectivity index (χ1v) is 5.74. The number of nitro benzene ring substituents is 1. The average molecular weight is 289 g/mol. The Hall–Kier alpha value is -3.23. The van der Waals surface area contributed by atoms with Gasteiger partial charge in [-0.15, -0.1) is 0 Å². The lowest BCUT2D eigenvalue weighted by Gasteiger charge is -2.04. The molecule has 108 valence electrons. The van der Waals surface area contributed by atoms with Crippen LogP contribution in [0.15, 0.2) is 35.7 Å². The predicted molar refractivity (Wildman–Crippen MR) is 74.6 cm³/mol. The Morgan fingerprint density at radius 2 is 2.19 bits per heavy atom. The topological polar surface area (TPSA) is 123 Å².